The molecular formula is C28H29N5O6S. The number of aryl methyl sites for hydroxylation is 1. The highest BCUT2D eigenvalue weighted by Gasteiger charge is 2.29. The second kappa shape index (κ2) is 10.4. The molecule has 0 radical (unpaired) electrons. The Morgan fingerprint density at radius 2 is 1.75 bits per heavy atom. The number of fused-ring (bicyclic) bond motifs is 1. The third-order valence-corrected chi connectivity index (χ3v) is 9.09. The summed E-state index contributed by atoms with van der Waals surface area (Å²) in [5, 5.41) is 13.7. The van der Waals surface area contributed by atoms with Gasteiger partial charge in [0.1, 0.15) is 0 Å². The van der Waals surface area contributed by atoms with Crippen molar-refractivity contribution in [2.45, 2.75) is 24.5 Å². The van der Waals surface area contributed by atoms with Crippen molar-refractivity contribution in [3.05, 3.63) is 86.2 Å². The van der Waals surface area contributed by atoms with E-state index in [1.54, 1.807) is 12.1 Å². The molecule has 1 fully saturated rings. The van der Waals surface area contributed by atoms with Crippen LogP contribution < -0.4 is 5.32 Å². The summed E-state index contributed by atoms with van der Waals surface area (Å²) in [5.41, 5.74) is 4.09. The maximum atomic E-state index is 13.3. The third-order valence-electron chi connectivity index (χ3n) is 7.41. The molecule has 3 aromatic rings. The molecule has 2 N–H and O–H groups in total. The van der Waals surface area contributed by atoms with Crippen LogP contribution in [-0.2, 0) is 20.4 Å². The van der Waals surface area contributed by atoms with E-state index in [1.165, 1.54) is 36.4 Å². The lowest BCUT2D eigenvalue weighted by atomic mass is 10.0. The van der Waals surface area contributed by atoms with Crippen LogP contribution in [-0.4, -0.2) is 73.2 Å². The molecule has 2 amide bonds. The van der Waals surface area contributed by atoms with Crippen LogP contribution in [0.5, 0.6) is 0 Å². The van der Waals surface area contributed by atoms with Gasteiger partial charge >= 0.3 is 0 Å². The zero-order chi connectivity index (χ0) is 28.8. The quantitative estimate of drug-likeness (QED) is 0.266. The number of rotatable bonds is 6. The Morgan fingerprint density at radius 3 is 2.40 bits per heavy atom. The van der Waals surface area contributed by atoms with Crippen molar-refractivity contribution in [3.8, 4) is 0 Å². The molecule has 2 aliphatic heterocycles. The van der Waals surface area contributed by atoms with Gasteiger partial charge in [0.05, 0.1) is 26.7 Å². The second-order valence-corrected chi connectivity index (χ2v) is 12.2. The van der Waals surface area contributed by atoms with E-state index in [1.807, 2.05) is 25.8 Å². The number of hydrogen-bond acceptors (Lipinski definition) is 7. The first-order valence-electron chi connectivity index (χ1n) is 12.7. The third kappa shape index (κ3) is 5.15. The van der Waals surface area contributed by atoms with Gasteiger partial charge in [0.2, 0.25) is 0 Å². The Balaban J connectivity index is 1.44. The highest BCUT2D eigenvalue weighted by atomic mass is 32.2. The molecule has 1 aromatic heterocycles. The molecule has 11 nitrogen and oxygen atoms in total. The number of non-ortho nitro benzene ring substituents is 1. The number of likely N-dealkylation sites (N-methyl/N-ethyl adjacent to an activating group) is 1. The van der Waals surface area contributed by atoms with Gasteiger partial charge in [-0.2, -0.15) is 0 Å². The number of hydrogen-bond donors (Lipinski definition) is 2. The van der Waals surface area contributed by atoms with Crippen molar-refractivity contribution >= 4 is 44.7 Å². The van der Waals surface area contributed by atoms with Crippen LogP contribution in [0, 0.1) is 24.0 Å². The first-order valence-corrected chi connectivity index (χ1v) is 14.4. The number of nitro groups is 1. The number of carbonyl (C=O) groups is 2. The molecule has 208 valence electrons. The fraction of sp³-hybridized carbons (Fsp3) is 0.286. The molecule has 0 saturated carbocycles. The number of aromatic nitrogens is 1. The van der Waals surface area contributed by atoms with Gasteiger partial charge in [-0.1, -0.05) is 12.1 Å². The number of anilines is 1. The lowest BCUT2D eigenvalue weighted by molar-refractivity contribution is -0.384. The number of nitro benzene ring substituents is 1. The van der Waals surface area contributed by atoms with E-state index in [0.29, 0.717) is 46.9 Å². The average Bonchev–Trinajstić information content (AvgIpc) is 3.37. The normalized spacial score (nSPS) is 16.7. The summed E-state index contributed by atoms with van der Waals surface area (Å²) in [5.74, 6) is -0.782. The van der Waals surface area contributed by atoms with Crippen LogP contribution in [0.4, 0.5) is 11.4 Å². The zero-order valence-corrected chi connectivity index (χ0v) is 23.2. The van der Waals surface area contributed by atoms with Crippen molar-refractivity contribution < 1.29 is 22.9 Å². The van der Waals surface area contributed by atoms with Crippen molar-refractivity contribution in [2.75, 3.05) is 38.5 Å². The van der Waals surface area contributed by atoms with E-state index in [4.69, 9.17) is 0 Å². The fourth-order valence-electron chi connectivity index (χ4n) is 5.07. The van der Waals surface area contributed by atoms with Crippen LogP contribution in [0.3, 0.4) is 0 Å². The summed E-state index contributed by atoms with van der Waals surface area (Å²) in [7, 11) is -1.79. The van der Waals surface area contributed by atoms with Gasteiger partial charge in [-0.3, -0.25) is 19.7 Å². The number of nitrogens with zero attached hydrogens (tertiary/aromatic N) is 3. The fourth-order valence-corrected chi connectivity index (χ4v) is 6.44. The van der Waals surface area contributed by atoms with Gasteiger partial charge < -0.3 is 20.1 Å². The number of benzene rings is 2. The molecular weight excluding hydrogens is 534 g/mol. The average molecular weight is 564 g/mol. The number of H-pyrrole nitrogens is 1. The molecule has 0 unspecified atom stereocenters. The van der Waals surface area contributed by atoms with Crippen molar-refractivity contribution in [3.63, 3.8) is 0 Å². The van der Waals surface area contributed by atoms with Crippen LogP contribution in [0.2, 0.25) is 0 Å². The maximum Gasteiger partial charge on any atom is 0.269 e. The number of amides is 2. The van der Waals surface area contributed by atoms with E-state index >= 15 is 0 Å². The maximum absolute atomic E-state index is 13.3. The summed E-state index contributed by atoms with van der Waals surface area (Å²) < 4.78 is 26.4. The molecule has 1 saturated heterocycles. The standard InChI is InChI=1S/C28H29N5O6S/c1-17-25(29-18(2)26(17)28(35)32-12-10-31(3)11-13-32)15-23-22-14-21(8-9-24(22)30-27(23)34)40(38,39)16-19-4-6-20(7-5-19)33(36)37/h4-9,14-15,29H,10-13,16H2,1-3H3,(H,30,34)/b23-15-. The summed E-state index contributed by atoms with van der Waals surface area (Å²) in [6, 6.07) is 9.79. The summed E-state index contributed by atoms with van der Waals surface area (Å²) in [6.45, 7) is 6.54. The Morgan fingerprint density at radius 1 is 1.07 bits per heavy atom. The number of piperazine rings is 1. The van der Waals surface area contributed by atoms with E-state index in [9.17, 15) is 28.1 Å². The van der Waals surface area contributed by atoms with Gasteiger partial charge in [-0.15, -0.1) is 0 Å². The minimum Gasteiger partial charge on any atom is -0.358 e. The molecule has 0 spiro atoms. The summed E-state index contributed by atoms with van der Waals surface area (Å²) >= 11 is 0. The molecule has 12 heteroatoms. The Labute approximate surface area is 231 Å². The summed E-state index contributed by atoms with van der Waals surface area (Å²) in [4.78, 5) is 43.8. The van der Waals surface area contributed by atoms with Gasteiger partial charge in [0.15, 0.2) is 9.84 Å². The minimum absolute atomic E-state index is 0.0253. The largest absolute Gasteiger partial charge is 0.358 e. The van der Waals surface area contributed by atoms with Crippen molar-refractivity contribution in [1.29, 1.82) is 0 Å². The molecule has 0 atom stereocenters. The first kappa shape index (κ1) is 27.3. The Bertz CT molecular complexity index is 1670. The van der Waals surface area contributed by atoms with E-state index in [-0.39, 0.29) is 33.7 Å². The smallest absolute Gasteiger partial charge is 0.269 e. The van der Waals surface area contributed by atoms with Gasteiger partial charge in [-0.25, -0.2) is 8.42 Å². The number of carbonyl (C=O) groups excluding carboxylic acids is 2. The second-order valence-electron chi connectivity index (χ2n) is 10.2. The van der Waals surface area contributed by atoms with Crippen molar-refractivity contribution in [2.24, 2.45) is 0 Å². The van der Waals surface area contributed by atoms with E-state index in [2.05, 4.69) is 15.2 Å². The highest BCUT2D eigenvalue weighted by Crippen LogP contribution is 2.36. The van der Waals surface area contributed by atoms with Crippen LogP contribution in [0.15, 0.2) is 47.4 Å². The topological polar surface area (TPSA) is 146 Å². The lowest BCUT2D eigenvalue weighted by Gasteiger charge is -2.32. The molecule has 3 heterocycles. The number of nitrogens with one attached hydrogen (secondary N) is 2. The van der Waals surface area contributed by atoms with E-state index < -0.39 is 14.8 Å². The molecule has 0 bridgehead atoms. The highest BCUT2D eigenvalue weighted by molar-refractivity contribution is 7.90. The minimum atomic E-state index is -3.82. The number of sulfone groups is 1. The SMILES string of the molecule is Cc1[nH]c(/C=C2\C(=O)Nc3ccc(S(=O)(=O)Cc4ccc([N+](=O)[O-])cc4)cc32)c(C)c1C(=O)N1CCN(C)CC1. The summed E-state index contributed by atoms with van der Waals surface area (Å²) in [6.07, 6.45) is 1.65. The van der Waals surface area contributed by atoms with Crippen molar-refractivity contribution in [1.82, 2.24) is 14.8 Å². The molecule has 2 aromatic carbocycles. The first-order chi connectivity index (χ1) is 18.9. The monoisotopic (exact) mass is 563 g/mol. The van der Waals surface area contributed by atoms with Crippen LogP contribution in [0.25, 0.3) is 11.6 Å². The van der Waals surface area contributed by atoms with Crippen LogP contribution in [0.1, 0.15) is 38.4 Å². The molecule has 2 aliphatic rings. The Hall–Kier alpha value is -4.29. The number of aromatic amines is 1. The van der Waals surface area contributed by atoms with Gasteiger partial charge in [0, 0.05) is 61.0 Å². The zero-order valence-electron chi connectivity index (χ0n) is 22.4. The van der Waals surface area contributed by atoms with Crippen LogP contribution >= 0.6 is 0 Å². The predicted octanol–water partition coefficient (Wildman–Crippen LogP) is 3.39. The van der Waals surface area contributed by atoms with E-state index in [0.717, 1.165) is 18.7 Å². The molecule has 0 aliphatic carbocycles. The predicted molar refractivity (Wildman–Crippen MR) is 151 cm³/mol. The molecule has 40 heavy (non-hydrogen) atoms. The van der Waals surface area contributed by atoms with Gasteiger partial charge in [-0.05, 0) is 56.3 Å². The molecule has 5 rings (SSSR count). The Kier molecular flexibility index (Phi) is 7.06. The van der Waals surface area contributed by atoms with Gasteiger partial charge in [0.25, 0.3) is 17.5 Å². The lowest BCUT2D eigenvalue weighted by Crippen LogP contribution is -2.47.